The molecule has 1 aromatic heterocycles. The number of ketones is 1. The van der Waals surface area contributed by atoms with E-state index in [0.29, 0.717) is 21.7 Å². The molecule has 3 rings (SSSR count). The van der Waals surface area contributed by atoms with Crippen LogP contribution in [-0.2, 0) is 4.79 Å². The van der Waals surface area contributed by atoms with E-state index in [-0.39, 0.29) is 22.9 Å². The van der Waals surface area contributed by atoms with E-state index in [1.165, 1.54) is 47.5 Å². The highest BCUT2D eigenvalue weighted by atomic mass is 32.2. The minimum absolute atomic E-state index is 0.0111. The molecule has 0 aliphatic rings. The highest BCUT2D eigenvalue weighted by Crippen LogP contribution is 2.21. The number of nitrogens with zero attached hydrogens (tertiary/aromatic N) is 2. The Hall–Kier alpha value is -2.47. The molecule has 0 unspecified atom stereocenters. The molecule has 0 spiro atoms. The Morgan fingerprint density at radius 2 is 1.87 bits per heavy atom. The summed E-state index contributed by atoms with van der Waals surface area (Å²) < 4.78 is 14.6. The number of carbonyl (C=O) groups excluding carboxylic acids is 1. The van der Waals surface area contributed by atoms with Gasteiger partial charge in [-0.1, -0.05) is 23.9 Å². The fraction of sp³-hybridized carbons (Fsp3) is 0.118. The van der Waals surface area contributed by atoms with Crippen molar-refractivity contribution in [2.75, 3.05) is 5.75 Å². The van der Waals surface area contributed by atoms with Crippen LogP contribution in [0.15, 0.2) is 58.5 Å². The van der Waals surface area contributed by atoms with Gasteiger partial charge in [0.25, 0.3) is 5.56 Å². The zero-order valence-electron chi connectivity index (χ0n) is 12.3. The summed E-state index contributed by atoms with van der Waals surface area (Å²) in [5.74, 6) is -0.178. The van der Waals surface area contributed by atoms with Gasteiger partial charge in [-0.05, 0) is 43.3 Å². The number of rotatable bonds is 4. The topological polar surface area (TPSA) is 52.0 Å². The van der Waals surface area contributed by atoms with Gasteiger partial charge in [0.2, 0.25) is 0 Å². The molecule has 23 heavy (non-hydrogen) atoms. The number of thioether (sulfide) groups is 1. The van der Waals surface area contributed by atoms with Crippen LogP contribution >= 0.6 is 11.8 Å². The zero-order chi connectivity index (χ0) is 16.4. The van der Waals surface area contributed by atoms with Crippen molar-refractivity contribution in [3.05, 3.63) is 64.7 Å². The number of benzene rings is 2. The van der Waals surface area contributed by atoms with E-state index < -0.39 is 0 Å². The van der Waals surface area contributed by atoms with Gasteiger partial charge in [-0.2, -0.15) is 0 Å². The van der Waals surface area contributed by atoms with Crippen LogP contribution in [0, 0.1) is 5.82 Å². The molecule has 2 aromatic carbocycles. The monoisotopic (exact) mass is 328 g/mol. The maximum absolute atomic E-state index is 13.2. The summed E-state index contributed by atoms with van der Waals surface area (Å²) in [6, 6.07) is 12.6. The molecule has 3 aromatic rings. The first-order chi connectivity index (χ1) is 11.1. The van der Waals surface area contributed by atoms with Crippen molar-refractivity contribution in [1.82, 2.24) is 9.55 Å². The Balaban J connectivity index is 2.25. The van der Waals surface area contributed by atoms with E-state index in [1.807, 2.05) is 0 Å². The molecule has 0 atom stereocenters. The van der Waals surface area contributed by atoms with E-state index >= 15 is 0 Å². The first kappa shape index (κ1) is 15.4. The Bertz CT molecular complexity index is 935. The molecular formula is C17H13FN2O2S. The van der Waals surface area contributed by atoms with Gasteiger partial charge in [0.05, 0.1) is 22.3 Å². The van der Waals surface area contributed by atoms with E-state index in [1.54, 1.807) is 24.3 Å². The molecule has 0 aliphatic carbocycles. The average Bonchev–Trinajstić information content (AvgIpc) is 2.54. The summed E-state index contributed by atoms with van der Waals surface area (Å²) in [5, 5.41) is 0.888. The summed E-state index contributed by atoms with van der Waals surface area (Å²) in [6.45, 7) is 1.48. The summed E-state index contributed by atoms with van der Waals surface area (Å²) in [7, 11) is 0. The van der Waals surface area contributed by atoms with Gasteiger partial charge < -0.3 is 0 Å². The smallest absolute Gasteiger partial charge is 0.266 e. The van der Waals surface area contributed by atoms with Crippen LogP contribution in [0.3, 0.4) is 0 Å². The van der Waals surface area contributed by atoms with Gasteiger partial charge in [-0.15, -0.1) is 0 Å². The van der Waals surface area contributed by atoms with Crippen LogP contribution in [0.1, 0.15) is 6.92 Å². The minimum Gasteiger partial charge on any atom is -0.299 e. The van der Waals surface area contributed by atoms with Crippen molar-refractivity contribution in [1.29, 1.82) is 0 Å². The number of para-hydroxylation sites is 1. The molecule has 0 radical (unpaired) electrons. The maximum Gasteiger partial charge on any atom is 0.266 e. The van der Waals surface area contributed by atoms with Gasteiger partial charge in [0.15, 0.2) is 5.16 Å². The van der Waals surface area contributed by atoms with Crippen molar-refractivity contribution >= 4 is 28.4 Å². The number of fused-ring (bicyclic) bond motifs is 1. The van der Waals surface area contributed by atoms with Crippen molar-refractivity contribution in [3.63, 3.8) is 0 Å². The normalized spacial score (nSPS) is 10.9. The van der Waals surface area contributed by atoms with Crippen LogP contribution in [-0.4, -0.2) is 21.1 Å². The number of halogens is 1. The van der Waals surface area contributed by atoms with Gasteiger partial charge in [0.1, 0.15) is 11.6 Å². The first-order valence-corrected chi connectivity index (χ1v) is 7.95. The second kappa shape index (κ2) is 6.34. The van der Waals surface area contributed by atoms with Crippen LogP contribution in [0.25, 0.3) is 16.6 Å². The average molecular weight is 328 g/mol. The van der Waals surface area contributed by atoms with Crippen LogP contribution in [0.2, 0.25) is 0 Å². The van der Waals surface area contributed by atoms with Crippen LogP contribution in [0.4, 0.5) is 4.39 Å². The third kappa shape index (κ3) is 3.17. The number of aromatic nitrogens is 2. The van der Waals surface area contributed by atoms with E-state index in [4.69, 9.17) is 0 Å². The number of hydrogen-bond donors (Lipinski definition) is 0. The number of hydrogen-bond acceptors (Lipinski definition) is 4. The minimum atomic E-state index is -0.381. The molecule has 0 aliphatic heterocycles. The highest BCUT2D eigenvalue weighted by molar-refractivity contribution is 7.99. The maximum atomic E-state index is 13.2. The van der Waals surface area contributed by atoms with E-state index in [2.05, 4.69) is 4.98 Å². The summed E-state index contributed by atoms with van der Waals surface area (Å²) in [5.41, 5.74) is 0.843. The molecule has 0 amide bonds. The molecule has 6 heteroatoms. The Morgan fingerprint density at radius 1 is 1.17 bits per heavy atom. The number of carbonyl (C=O) groups is 1. The predicted molar refractivity (Wildman–Crippen MR) is 88.7 cm³/mol. The lowest BCUT2D eigenvalue weighted by Gasteiger charge is -2.12. The van der Waals surface area contributed by atoms with Crippen molar-refractivity contribution in [3.8, 4) is 5.69 Å². The van der Waals surface area contributed by atoms with Gasteiger partial charge in [-0.25, -0.2) is 9.37 Å². The molecule has 0 bridgehead atoms. The fourth-order valence-corrected chi connectivity index (χ4v) is 3.01. The van der Waals surface area contributed by atoms with E-state index in [0.717, 1.165) is 0 Å². The fourth-order valence-electron chi connectivity index (χ4n) is 2.19. The lowest BCUT2D eigenvalue weighted by Crippen LogP contribution is -2.22. The second-order valence-electron chi connectivity index (χ2n) is 5.02. The highest BCUT2D eigenvalue weighted by Gasteiger charge is 2.13. The molecule has 4 nitrogen and oxygen atoms in total. The number of Topliss-reactive ketones (excluding diaryl/α,β-unsaturated/α-hetero) is 1. The largest absolute Gasteiger partial charge is 0.299 e. The molecular weight excluding hydrogens is 315 g/mol. The second-order valence-corrected chi connectivity index (χ2v) is 5.96. The zero-order valence-corrected chi connectivity index (χ0v) is 13.1. The van der Waals surface area contributed by atoms with Crippen molar-refractivity contribution < 1.29 is 9.18 Å². The third-order valence-corrected chi connectivity index (χ3v) is 4.32. The van der Waals surface area contributed by atoms with Crippen LogP contribution in [0.5, 0.6) is 0 Å². The molecule has 116 valence electrons. The lowest BCUT2D eigenvalue weighted by atomic mass is 10.2. The molecule has 0 fully saturated rings. The predicted octanol–water partition coefficient (Wildman–Crippen LogP) is 3.21. The SMILES string of the molecule is CC(=O)CSc1nc2ccccc2c(=O)n1-c1ccc(F)cc1. The molecule has 0 N–H and O–H groups in total. The Kier molecular flexibility index (Phi) is 4.25. The van der Waals surface area contributed by atoms with E-state index in [9.17, 15) is 14.0 Å². The van der Waals surface area contributed by atoms with Gasteiger partial charge in [0, 0.05) is 0 Å². The third-order valence-electron chi connectivity index (χ3n) is 3.23. The van der Waals surface area contributed by atoms with Crippen molar-refractivity contribution in [2.24, 2.45) is 0 Å². The standard InChI is InChI=1S/C17H13FN2O2S/c1-11(21)10-23-17-19-15-5-3-2-4-14(15)16(22)20(17)13-8-6-12(18)7-9-13/h2-9H,10H2,1H3. The summed E-state index contributed by atoms with van der Waals surface area (Å²) >= 11 is 1.19. The lowest BCUT2D eigenvalue weighted by molar-refractivity contribution is -0.114. The Morgan fingerprint density at radius 3 is 2.57 bits per heavy atom. The van der Waals surface area contributed by atoms with Gasteiger partial charge in [-0.3, -0.25) is 14.2 Å². The van der Waals surface area contributed by atoms with Gasteiger partial charge >= 0.3 is 0 Å². The molecule has 0 saturated heterocycles. The molecule has 1 heterocycles. The first-order valence-electron chi connectivity index (χ1n) is 6.96. The van der Waals surface area contributed by atoms with Crippen molar-refractivity contribution in [2.45, 2.75) is 12.1 Å². The Labute approximate surface area is 136 Å². The quantitative estimate of drug-likeness (QED) is 0.545. The summed E-state index contributed by atoms with van der Waals surface area (Å²) in [4.78, 5) is 28.6. The molecule has 0 saturated carbocycles. The summed E-state index contributed by atoms with van der Waals surface area (Å²) in [6.07, 6.45) is 0. The van der Waals surface area contributed by atoms with Crippen LogP contribution < -0.4 is 5.56 Å².